The maximum absolute atomic E-state index is 8.97. The average Bonchev–Trinajstić information content (AvgIpc) is 2.38. The Kier molecular flexibility index (Phi) is 4.64. The number of benzene rings is 1. The fourth-order valence-electron chi connectivity index (χ4n) is 3.09. The van der Waals surface area contributed by atoms with Crippen LogP contribution in [0.1, 0.15) is 57.2 Å². The van der Waals surface area contributed by atoms with Gasteiger partial charge in [0.25, 0.3) is 0 Å². The molecule has 1 aliphatic rings. The molecule has 0 heterocycles. The molecular formula is C17H27NO. The normalized spacial score (nSPS) is 22.8. The minimum Gasteiger partial charge on any atom is -0.396 e. The molecule has 106 valence electrons. The van der Waals surface area contributed by atoms with Gasteiger partial charge in [-0.05, 0) is 48.3 Å². The van der Waals surface area contributed by atoms with Gasteiger partial charge >= 0.3 is 0 Å². The zero-order chi connectivity index (χ0) is 13.9. The third-order valence-electron chi connectivity index (χ3n) is 4.46. The summed E-state index contributed by atoms with van der Waals surface area (Å²) in [4.78, 5) is 0. The van der Waals surface area contributed by atoms with Gasteiger partial charge in [0.2, 0.25) is 0 Å². The molecule has 0 saturated heterocycles. The lowest BCUT2D eigenvalue weighted by molar-refractivity contribution is 0.254. The van der Waals surface area contributed by atoms with Gasteiger partial charge in [0.1, 0.15) is 0 Å². The minimum absolute atomic E-state index is 0.289. The lowest BCUT2D eigenvalue weighted by Gasteiger charge is -2.37. The van der Waals surface area contributed by atoms with Crippen LogP contribution in [0, 0.1) is 5.92 Å². The van der Waals surface area contributed by atoms with Crippen molar-refractivity contribution in [3.63, 3.8) is 0 Å². The highest BCUT2D eigenvalue weighted by atomic mass is 16.3. The Labute approximate surface area is 117 Å². The van der Waals surface area contributed by atoms with E-state index >= 15 is 0 Å². The van der Waals surface area contributed by atoms with Crippen molar-refractivity contribution in [2.24, 2.45) is 5.92 Å². The Hall–Kier alpha value is -0.860. The highest BCUT2D eigenvalue weighted by Gasteiger charge is 2.31. The largest absolute Gasteiger partial charge is 0.396 e. The summed E-state index contributed by atoms with van der Waals surface area (Å²) < 4.78 is 0. The van der Waals surface area contributed by atoms with Crippen LogP contribution in [0.3, 0.4) is 0 Å². The van der Waals surface area contributed by atoms with Gasteiger partial charge in [-0.3, -0.25) is 0 Å². The van der Waals surface area contributed by atoms with Gasteiger partial charge in [-0.1, -0.05) is 45.0 Å². The Balaban J connectivity index is 2.08. The van der Waals surface area contributed by atoms with E-state index in [1.54, 1.807) is 0 Å². The summed E-state index contributed by atoms with van der Waals surface area (Å²) in [5, 5.41) is 12.7. The molecule has 2 heteroatoms. The first-order valence-corrected chi connectivity index (χ1v) is 7.48. The van der Waals surface area contributed by atoms with Gasteiger partial charge in [0.05, 0.1) is 0 Å². The smallest absolute Gasteiger partial charge is 0.0434 e. The molecule has 0 bridgehead atoms. The van der Waals surface area contributed by atoms with Gasteiger partial charge in [-0.2, -0.15) is 0 Å². The fourth-order valence-corrected chi connectivity index (χ4v) is 3.09. The first-order chi connectivity index (χ1) is 9.04. The molecule has 2 N–H and O–H groups in total. The van der Waals surface area contributed by atoms with Crippen molar-refractivity contribution in [3.8, 4) is 0 Å². The van der Waals surface area contributed by atoms with Crippen molar-refractivity contribution >= 4 is 0 Å². The van der Waals surface area contributed by atoms with E-state index in [0.717, 1.165) is 13.0 Å². The minimum atomic E-state index is 0.289. The second-order valence-corrected chi connectivity index (χ2v) is 6.59. The molecule has 0 spiro atoms. The number of hydrogen-bond acceptors (Lipinski definition) is 2. The van der Waals surface area contributed by atoms with Crippen molar-refractivity contribution in [3.05, 3.63) is 35.4 Å². The van der Waals surface area contributed by atoms with Crippen molar-refractivity contribution in [1.82, 2.24) is 5.32 Å². The highest BCUT2D eigenvalue weighted by molar-refractivity contribution is 5.38. The summed E-state index contributed by atoms with van der Waals surface area (Å²) in [6.45, 7) is 8.16. The standard InChI is InChI=1S/C17H27NO/c1-13(9-11-19)12-18-16-8-10-17(2,3)15-7-5-4-6-14(15)16/h4-7,13,16,18-19H,8-12H2,1-3H3. The van der Waals surface area contributed by atoms with Crippen LogP contribution in [0.4, 0.5) is 0 Å². The zero-order valence-corrected chi connectivity index (χ0v) is 12.4. The quantitative estimate of drug-likeness (QED) is 0.851. The Morgan fingerprint density at radius 1 is 1.37 bits per heavy atom. The Bertz CT molecular complexity index is 413. The number of aliphatic hydroxyl groups is 1. The predicted molar refractivity (Wildman–Crippen MR) is 80.3 cm³/mol. The summed E-state index contributed by atoms with van der Waals surface area (Å²) in [5.41, 5.74) is 3.26. The van der Waals surface area contributed by atoms with E-state index < -0.39 is 0 Å². The summed E-state index contributed by atoms with van der Waals surface area (Å²) in [6, 6.07) is 9.32. The second kappa shape index (κ2) is 6.06. The Morgan fingerprint density at radius 3 is 2.84 bits per heavy atom. The average molecular weight is 261 g/mol. The van der Waals surface area contributed by atoms with Crippen LogP contribution in [-0.4, -0.2) is 18.3 Å². The van der Waals surface area contributed by atoms with E-state index in [1.807, 2.05) is 0 Å². The maximum atomic E-state index is 8.97. The van der Waals surface area contributed by atoms with E-state index in [4.69, 9.17) is 5.11 Å². The van der Waals surface area contributed by atoms with Gasteiger partial charge in [-0.25, -0.2) is 0 Å². The molecule has 19 heavy (non-hydrogen) atoms. The lowest BCUT2D eigenvalue weighted by Crippen LogP contribution is -2.34. The molecule has 2 unspecified atom stereocenters. The van der Waals surface area contributed by atoms with Crippen molar-refractivity contribution in [2.75, 3.05) is 13.2 Å². The molecule has 0 saturated carbocycles. The molecular weight excluding hydrogens is 234 g/mol. The topological polar surface area (TPSA) is 32.3 Å². The van der Waals surface area contributed by atoms with Gasteiger partial charge in [-0.15, -0.1) is 0 Å². The maximum Gasteiger partial charge on any atom is 0.0434 e. The van der Waals surface area contributed by atoms with Crippen molar-refractivity contribution < 1.29 is 5.11 Å². The molecule has 2 nitrogen and oxygen atoms in total. The van der Waals surface area contributed by atoms with E-state index in [0.29, 0.717) is 17.4 Å². The SMILES string of the molecule is CC(CCO)CNC1CCC(C)(C)c2ccccc21. The first kappa shape index (κ1) is 14.5. The van der Waals surface area contributed by atoms with E-state index in [9.17, 15) is 0 Å². The van der Waals surface area contributed by atoms with Gasteiger partial charge in [0.15, 0.2) is 0 Å². The molecule has 0 aliphatic heterocycles. The summed E-state index contributed by atoms with van der Waals surface area (Å²) in [6.07, 6.45) is 3.32. The third-order valence-corrected chi connectivity index (χ3v) is 4.46. The molecule has 0 amide bonds. The fraction of sp³-hybridized carbons (Fsp3) is 0.647. The number of aliphatic hydroxyl groups excluding tert-OH is 1. The van der Waals surface area contributed by atoms with Crippen molar-refractivity contribution in [1.29, 1.82) is 0 Å². The van der Waals surface area contributed by atoms with Gasteiger partial charge < -0.3 is 10.4 Å². The van der Waals surface area contributed by atoms with Crippen LogP contribution in [0.25, 0.3) is 0 Å². The zero-order valence-electron chi connectivity index (χ0n) is 12.4. The Morgan fingerprint density at radius 2 is 2.11 bits per heavy atom. The van der Waals surface area contributed by atoms with E-state index in [2.05, 4.69) is 50.4 Å². The summed E-state index contributed by atoms with van der Waals surface area (Å²) in [5.74, 6) is 0.534. The molecule has 1 aliphatic carbocycles. The molecule has 1 aromatic carbocycles. The van der Waals surface area contributed by atoms with Crippen LogP contribution in [-0.2, 0) is 5.41 Å². The number of rotatable bonds is 5. The molecule has 0 aromatic heterocycles. The monoisotopic (exact) mass is 261 g/mol. The third kappa shape index (κ3) is 3.37. The molecule has 0 radical (unpaired) electrons. The van der Waals surface area contributed by atoms with Crippen LogP contribution in [0.5, 0.6) is 0 Å². The molecule has 1 aromatic rings. The van der Waals surface area contributed by atoms with Crippen LogP contribution < -0.4 is 5.32 Å². The molecule has 2 atom stereocenters. The van der Waals surface area contributed by atoms with Crippen LogP contribution >= 0.6 is 0 Å². The summed E-state index contributed by atoms with van der Waals surface area (Å²) >= 11 is 0. The molecule has 0 fully saturated rings. The van der Waals surface area contributed by atoms with E-state index in [1.165, 1.54) is 24.0 Å². The second-order valence-electron chi connectivity index (χ2n) is 6.59. The van der Waals surface area contributed by atoms with Crippen LogP contribution in [0.2, 0.25) is 0 Å². The summed E-state index contributed by atoms with van der Waals surface area (Å²) in [7, 11) is 0. The van der Waals surface area contributed by atoms with Crippen molar-refractivity contribution in [2.45, 2.75) is 51.5 Å². The number of hydrogen-bond donors (Lipinski definition) is 2. The number of nitrogens with one attached hydrogen (secondary N) is 1. The van der Waals surface area contributed by atoms with E-state index in [-0.39, 0.29) is 6.61 Å². The highest BCUT2D eigenvalue weighted by Crippen LogP contribution is 2.41. The van der Waals surface area contributed by atoms with Gasteiger partial charge in [0, 0.05) is 12.6 Å². The molecule has 2 rings (SSSR count). The van der Waals surface area contributed by atoms with Crippen LogP contribution in [0.15, 0.2) is 24.3 Å². The first-order valence-electron chi connectivity index (χ1n) is 7.48. The predicted octanol–water partition coefficient (Wildman–Crippen LogP) is 3.41. The lowest BCUT2D eigenvalue weighted by atomic mass is 9.71. The number of fused-ring (bicyclic) bond motifs is 1.